The fourth-order valence-corrected chi connectivity index (χ4v) is 5.36. The van der Waals surface area contributed by atoms with Gasteiger partial charge in [0.1, 0.15) is 11.9 Å². The Morgan fingerprint density at radius 2 is 2.24 bits per heavy atom. The molecule has 0 saturated carbocycles. The largest absolute Gasteiger partial charge is 0.497 e. The zero-order valence-electron chi connectivity index (χ0n) is 18.5. The molecule has 4 heterocycles. The average molecular weight is 476 g/mol. The third kappa shape index (κ3) is 5.29. The molecule has 0 aliphatic carbocycles. The predicted molar refractivity (Wildman–Crippen MR) is 124 cm³/mol. The van der Waals surface area contributed by atoms with Gasteiger partial charge in [0, 0.05) is 30.2 Å². The van der Waals surface area contributed by atoms with Crippen molar-refractivity contribution in [3.8, 4) is 5.75 Å². The number of fused-ring (bicyclic) bond motifs is 4. The van der Waals surface area contributed by atoms with Crippen LogP contribution in [0.15, 0.2) is 43.1 Å². The molecule has 2 bridgehead atoms. The van der Waals surface area contributed by atoms with Crippen molar-refractivity contribution in [3.63, 3.8) is 0 Å². The van der Waals surface area contributed by atoms with Gasteiger partial charge in [-0.05, 0) is 55.5 Å². The lowest BCUT2D eigenvalue weighted by Gasteiger charge is -2.51. The number of aromatic nitrogens is 1. The second-order valence-electron chi connectivity index (χ2n) is 8.57. The smallest absolute Gasteiger partial charge is 0.407 e. The van der Waals surface area contributed by atoms with E-state index in [4.69, 9.17) is 14.0 Å². The van der Waals surface area contributed by atoms with E-state index >= 15 is 0 Å². The molecule has 178 valence electrons. The fourth-order valence-electron chi connectivity index (χ4n) is 5.00. The Balaban J connectivity index is 1.66. The predicted octanol–water partition coefficient (Wildman–Crippen LogP) is 2.79. The summed E-state index contributed by atoms with van der Waals surface area (Å²) >= 11 is 0. The van der Waals surface area contributed by atoms with Crippen LogP contribution in [0, 0.1) is 11.8 Å². The molecule has 9 nitrogen and oxygen atoms in total. The Bertz CT molecular complexity index is 1140. The summed E-state index contributed by atoms with van der Waals surface area (Å²) in [6, 6.07) is 7.39. The van der Waals surface area contributed by atoms with Crippen molar-refractivity contribution < 1.29 is 27.2 Å². The Hall–Kier alpha value is -2.69. The fraction of sp³-hybridized carbons (Fsp3) is 0.478. The second-order valence-corrected chi connectivity index (χ2v) is 10.1. The highest BCUT2D eigenvalue weighted by atomic mass is 32.2. The molecule has 3 saturated heterocycles. The van der Waals surface area contributed by atoms with Crippen LogP contribution < -0.4 is 10.1 Å². The lowest BCUT2D eigenvalue weighted by Crippen LogP contribution is -2.55. The number of nitrogens with zero attached hydrogens (tertiary/aromatic N) is 2. The van der Waals surface area contributed by atoms with E-state index < -0.39 is 28.1 Å². The minimum atomic E-state index is -4.18. The molecular weight excluding hydrogens is 446 g/mol. The Kier molecular flexibility index (Phi) is 6.87. The SMILES string of the molecule is C=CC1CN2CCC1C[C@H]2[C@H](OC(=O)NCCS(=O)(=O)O)c1ccnc2ccc(OC)cc12. The molecule has 0 spiro atoms. The van der Waals surface area contributed by atoms with Crippen LogP contribution in [0.1, 0.15) is 24.5 Å². The normalized spacial score (nSPS) is 25.4. The van der Waals surface area contributed by atoms with Gasteiger partial charge < -0.3 is 14.8 Å². The highest BCUT2D eigenvalue weighted by Gasteiger charge is 2.44. The first-order valence-electron chi connectivity index (χ1n) is 11.0. The minimum absolute atomic E-state index is 0.0379. The summed E-state index contributed by atoms with van der Waals surface area (Å²) in [5.41, 5.74) is 1.57. The van der Waals surface area contributed by atoms with Crippen molar-refractivity contribution in [3.05, 3.63) is 48.7 Å². The van der Waals surface area contributed by atoms with Crippen molar-refractivity contribution >= 4 is 27.1 Å². The highest BCUT2D eigenvalue weighted by Crippen LogP contribution is 2.43. The number of ether oxygens (including phenoxy) is 2. The summed E-state index contributed by atoms with van der Waals surface area (Å²) in [4.78, 5) is 19.4. The molecule has 2 aromatic rings. The van der Waals surface area contributed by atoms with Gasteiger partial charge >= 0.3 is 6.09 Å². The molecule has 33 heavy (non-hydrogen) atoms. The third-order valence-electron chi connectivity index (χ3n) is 6.66. The maximum Gasteiger partial charge on any atom is 0.407 e. The number of rotatable bonds is 8. The van der Waals surface area contributed by atoms with Gasteiger partial charge in [0.15, 0.2) is 0 Å². The van der Waals surface area contributed by atoms with Crippen LogP contribution >= 0.6 is 0 Å². The molecule has 5 rings (SSSR count). The number of carbonyl (C=O) groups is 1. The Morgan fingerprint density at radius 3 is 2.91 bits per heavy atom. The molecule has 1 amide bonds. The molecule has 10 heteroatoms. The summed E-state index contributed by atoms with van der Waals surface area (Å²) in [7, 11) is -2.59. The third-order valence-corrected chi connectivity index (χ3v) is 7.38. The zero-order valence-corrected chi connectivity index (χ0v) is 19.3. The summed E-state index contributed by atoms with van der Waals surface area (Å²) in [5.74, 6) is 0.966. The number of pyridine rings is 1. The van der Waals surface area contributed by atoms with Gasteiger partial charge in [0.2, 0.25) is 0 Å². The quantitative estimate of drug-likeness (QED) is 0.442. The first kappa shape index (κ1) is 23.5. The van der Waals surface area contributed by atoms with Crippen LogP contribution in [0.2, 0.25) is 0 Å². The lowest BCUT2D eigenvalue weighted by atomic mass is 9.73. The van der Waals surface area contributed by atoms with Crippen LogP contribution in [-0.2, 0) is 14.9 Å². The van der Waals surface area contributed by atoms with Crippen molar-refractivity contribution in [1.82, 2.24) is 15.2 Å². The van der Waals surface area contributed by atoms with Crippen LogP contribution in [0.5, 0.6) is 5.75 Å². The van der Waals surface area contributed by atoms with E-state index in [-0.39, 0.29) is 12.6 Å². The molecule has 1 aromatic heterocycles. The number of benzene rings is 1. The molecular formula is C23H29N3O6S. The van der Waals surface area contributed by atoms with E-state index in [9.17, 15) is 13.2 Å². The maximum atomic E-state index is 12.7. The van der Waals surface area contributed by atoms with Gasteiger partial charge in [-0.1, -0.05) is 6.08 Å². The van der Waals surface area contributed by atoms with Crippen molar-refractivity contribution in [2.75, 3.05) is 32.5 Å². The minimum Gasteiger partial charge on any atom is -0.497 e. The van der Waals surface area contributed by atoms with E-state index in [0.717, 1.165) is 42.4 Å². The number of piperidine rings is 3. The van der Waals surface area contributed by atoms with Crippen molar-refractivity contribution in [2.24, 2.45) is 11.8 Å². The number of carbonyl (C=O) groups excluding carboxylic acids is 1. The molecule has 2 N–H and O–H groups in total. The number of hydrogen-bond acceptors (Lipinski definition) is 7. The van der Waals surface area contributed by atoms with Crippen molar-refractivity contribution in [1.29, 1.82) is 0 Å². The van der Waals surface area contributed by atoms with Gasteiger partial charge in [-0.2, -0.15) is 8.42 Å². The Labute approximate surface area is 193 Å². The molecule has 3 aliphatic heterocycles. The first-order chi connectivity index (χ1) is 15.8. The number of methoxy groups -OCH3 is 1. The van der Waals surface area contributed by atoms with Crippen LogP contribution in [0.4, 0.5) is 4.79 Å². The summed E-state index contributed by atoms with van der Waals surface area (Å²) in [6.07, 6.45) is 4.30. The lowest BCUT2D eigenvalue weighted by molar-refractivity contribution is -0.0497. The summed E-state index contributed by atoms with van der Waals surface area (Å²) < 4.78 is 42.2. The molecule has 3 unspecified atom stereocenters. The second kappa shape index (κ2) is 9.66. The van der Waals surface area contributed by atoms with E-state index in [1.807, 2.05) is 30.3 Å². The van der Waals surface area contributed by atoms with Crippen LogP contribution in [0.25, 0.3) is 10.9 Å². The number of alkyl carbamates (subject to hydrolysis) is 1. The zero-order chi connectivity index (χ0) is 23.6. The van der Waals surface area contributed by atoms with Gasteiger partial charge in [0.05, 0.1) is 24.4 Å². The standard InChI is InChI=1S/C23H29N3O6S/c1-3-15-14-26-10-7-16(15)12-21(26)22(32-23(27)25-9-11-33(28,29)30)18-6-8-24-20-5-4-17(31-2)13-19(18)20/h3-6,8,13,15-16,21-22H,1,7,9-12,14H2,2H3,(H,25,27)(H,28,29,30)/t15?,16?,21-,22+/m0/s1. The molecule has 1 aromatic carbocycles. The highest BCUT2D eigenvalue weighted by molar-refractivity contribution is 7.85. The topological polar surface area (TPSA) is 118 Å². The van der Waals surface area contributed by atoms with Crippen molar-refractivity contribution in [2.45, 2.75) is 25.0 Å². The average Bonchev–Trinajstić information content (AvgIpc) is 2.81. The van der Waals surface area contributed by atoms with E-state index in [2.05, 4.69) is 21.8 Å². The summed E-state index contributed by atoms with van der Waals surface area (Å²) in [5, 5.41) is 3.27. The molecule has 0 radical (unpaired) electrons. The van der Waals surface area contributed by atoms with E-state index in [1.165, 1.54) is 0 Å². The van der Waals surface area contributed by atoms with E-state index in [0.29, 0.717) is 17.6 Å². The van der Waals surface area contributed by atoms with Crippen LogP contribution in [-0.4, -0.2) is 67.5 Å². The molecule has 3 fully saturated rings. The number of hydrogen-bond donors (Lipinski definition) is 2. The van der Waals surface area contributed by atoms with Gasteiger partial charge in [-0.15, -0.1) is 6.58 Å². The summed E-state index contributed by atoms with van der Waals surface area (Å²) in [6.45, 7) is 5.50. The van der Waals surface area contributed by atoms with E-state index in [1.54, 1.807) is 13.3 Å². The van der Waals surface area contributed by atoms with Gasteiger partial charge in [-0.3, -0.25) is 14.4 Å². The van der Waals surface area contributed by atoms with Gasteiger partial charge in [0.25, 0.3) is 10.1 Å². The monoisotopic (exact) mass is 475 g/mol. The molecule has 3 aliphatic rings. The number of nitrogens with one attached hydrogen (secondary N) is 1. The van der Waals surface area contributed by atoms with Crippen LogP contribution in [0.3, 0.4) is 0 Å². The molecule has 5 atom stereocenters. The van der Waals surface area contributed by atoms with Gasteiger partial charge in [-0.25, -0.2) is 4.79 Å². The number of amides is 1. The Morgan fingerprint density at radius 1 is 1.42 bits per heavy atom. The maximum absolute atomic E-state index is 12.7. The first-order valence-corrected chi connectivity index (χ1v) is 12.6.